The van der Waals surface area contributed by atoms with Crippen LogP contribution in [0.5, 0.6) is 5.75 Å². The molecule has 2 amide bonds. The van der Waals surface area contributed by atoms with Crippen LogP contribution in [0.15, 0.2) is 58.1 Å². The number of carbonyl (C=O) groups excluding carboxylic acids is 1. The second-order valence-electron chi connectivity index (χ2n) is 4.19. The summed E-state index contributed by atoms with van der Waals surface area (Å²) < 4.78 is 6.78. The minimum Gasteiger partial charge on any atom is -0.488 e. The number of para-hydroxylation sites is 1. The molecule has 0 aromatic heterocycles. The molecule has 6 heteroatoms. The highest BCUT2D eigenvalue weighted by atomic mass is 79.9. The van der Waals surface area contributed by atoms with Crippen LogP contribution in [-0.2, 0) is 6.61 Å². The van der Waals surface area contributed by atoms with E-state index in [9.17, 15) is 4.79 Å². The van der Waals surface area contributed by atoms with E-state index in [1.807, 2.05) is 48.5 Å². The molecule has 0 heterocycles. The molecular weight excluding hydrogens is 334 g/mol. The minimum absolute atomic E-state index is 0.438. The van der Waals surface area contributed by atoms with Crippen LogP contribution in [0.4, 0.5) is 4.79 Å². The van der Waals surface area contributed by atoms with Gasteiger partial charge in [-0.05, 0) is 29.8 Å². The fourth-order valence-corrected chi connectivity index (χ4v) is 2.12. The Hall–Kier alpha value is -2.34. The third-order valence-electron chi connectivity index (χ3n) is 2.58. The van der Waals surface area contributed by atoms with Crippen LogP contribution in [0.25, 0.3) is 0 Å². The van der Waals surface area contributed by atoms with Crippen molar-refractivity contribution in [2.45, 2.75) is 6.61 Å². The lowest BCUT2D eigenvalue weighted by molar-refractivity contribution is 0.249. The van der Waals surface area contributed by atoms with Crippen molar-refractivity contribution in [3.63, 3.8) is 0 Å². The molecule has 2 aromatic rings. The van der Waals surface area contributed by atoms with Gasteiger partial charge in [0.2, 0.25) is 0 Å². The molecule has 0 aliphatic heterocycles. The summed E-state index contributed by atoms with van der Waals surface area (Å²) in [6, 6.07) is 14.6. The average Bonchev–Trinajstić information content (AvgIpc) is 2.46. The Morgan fingerprint density at radius 2 is 2.10 bits per heavy atom. The molecule has 21 heavy (non-hydrogen) atoms. The van der Waals surface area contributed by atoms with Crippen LogP contribution in [0.1, 0.15) is 11.1 Å². The van der Waals surface area contributed by atoms with Crippen molar-refractivity contribution in [3.05, 3.63) is 64.1 Å². The van der Waals surface area contributed by atoms with Crippen LogP contribution in [0.3, 0.4) is 0 Å². The van der Waals surface area contributed by atoms with E-state index in [0.29, 0.717) is 12.4 Å². The SMILES string of the molecule is NC(=O)N/N=C/c1ccccc1OCc1cccc(Br)c1. The Morgan fingerprint density at radius 1 is 1.29 bits per heavy atom. The number of rotatable bonds is 5. The number of hydrogen-bond donors (Lipinski definition) is 2. The zero-order valence-electron chi connectivity index (χ0n) is 11.1. The highest BCUT2D eigenvalue weighted by Gasteiger charge is 2.02. The molecule has 0 fully saturated rings. The first-order valence-corrected chi connectivity index (χ1v) is 6.99. The fraction of sp³-hybridized carbons (Fsp3) is 0.0667. The molecule has 108 valence electrons. The summed E-state index contributed by atoms with van der Waals surface area (Å²) in [4.78, 5) is 10.6. The van der Waals surface area contributed by atoms with E-state index >= 15 is 0 Å². The maximum atomic E-state index is 10.6. The monoisotopic (exact) mass is 347 g/mol. The number of hydrogen-bond acceptors (Lipinski definition) is 3. The molecule has 2 rings (SSSR count). The van der Waals surface area contributed by atoms with Crippen molar-refractivity contribution >= 4 is 28.2 Å². The van der Waals surface area contributed by atoms with Gasteiger partial charge in [0.1, 0.15) is 12.4 Å². The normalized spacial score (nSPS) is 10.5. The van der Waals surface area contributed by atoms with E-state index in [-0.39, 0.29) is 0 Å². The molecule has 0 aliphatic rings. The first-order chi connectivity index (χ1) is 10.1. The Balaban J connectivity index is 2.06. The van der Waals surface area contributed by atoms with Crippen molar-refractivity contribution in [2.75, 3.05) is 0 Å². The largest absolute Gasteiger partial charge is 0.488 e. The second kappa shape index (κ2) is 7.44. The summed E-state index contributed by atoms with van der Waals surface area (Å²) in [6.07, 6.45) is 1.49. The van der Waals surface area contributed by atoms with Gasteiger partial charge in [0.15, 0.2) is 0 Å². The lowest BCUT2D eigenvalue weighted by Gasteiger charge is -2.09. The molecule has 3 N–H and O–H groups in total. The number of carbonyl (C=O) groups is 1. The molecular formula is C15H14BrN3O2. The number of nitrogens with zero attached hydrogens (tertiary/aromatic N) is 1. The van der Waals surface area contributed by atoms with Crippen LogP contribution in [-0.4, -0.2) is 12.2 Å². The number of benzene rings is 2. The molecule has 0 radical (unpaired) electrons. The van der Waals surface area contributed by atoms with Crippen LogP contribution in [0, 0.1) is 0 Å². The molecule has 0 unspecified atom stereocenters. The van der Waals surface area contributed by atoms with E-state index in [4.69, 9.17) is 10.5 Å². The average molecular weight is 348 g/mol. The van der Waals surface area contributed by atoms with Gasteiger partial charge in [-0.2, -0.15) is 5.10 Å². The summed E-state index contributed by atoms with van der Waals surface area (Å²) in [5, 5.41) is 3.73. The lowest BCUT2D eigenvalue weighted by Crippen LogP contribution is -2.24. The zero-order valence-corrected chi connectivity index (χ0v) is 12.7. The summed E-state index contributed by atoms with van der Waals surface area (Å²) in [5.41, 5.74) is 8.89. The maximum absolute atomic E-state index is 10.6. The number of halogens is 1. The second-order valence-corrected chi connectivity index (χ2v) is 5.11. The third-order valence-corrected chi connectivity index (χ3v) is 3.07. The van der Waals surface area contributed by atoms with E-state index < -0.39 is 6.03 Å². The lowest BCUT2D eigenvalue weighted by atomic mass is 10.2. The van der Waals surface area contributed by atoms with Crippen molar-refractivity contribution in [3.8, 4) is 5.75 Å². The van der Waals surface area contributed by atoms with Crippen molar-refractivity contribution in [1.82, 2.24) is 5.43 Å². The minimum atomic E-state index is -0.709. The highest BCUT2D eigenvalue weighted by Crippen LogP contribution is 2.19. The molecule has 0 bridgehead atoms. The van der Waals surface area contributed by atoms with E-state index in [0.717, 1.165) is 15.6 Å². The van der Waals surface area contributed by atoms with Gasteiger partial charge in [0, 0.05) is 10.0 Å². The number of urea groups is 1. The van der Waals surface area contributed by atoms with Crippen LogP contribution < -0.4 is 15.9 Å². The predicted molar refractivity (Wildman–Crippen MR) is 85.2 cm³/mol. The van der Waals surface area contributed by atoms with Crippen LogP contribution >= 0.6 is 15.9 Å². The van der Waals surface area contributed by atoms with E-state index in [1.54, 1.807) is 0 Å². The standard InChI is InChI=1S/C15H14BrN3O2/c16-13-6-3-4-11(8-13)10-21-14-7-2-1-5-12(14)9-18-19-15(17)20/h1-9H,10H2,(H3,17,19,20)/b18-9+. The van der Waals surface area contributed by atoms with Crippen molar-refractivity contribution in [1.29, 1.82) is 0 Å². The predicted octanol–water partition coefficient (Wildman–Crippen LogP) is 3.03. The van der Waals surface area contributed by atoms with Gasteiger partial charge in [0.25, 0.3) is 0 Å². The van der Waals surface area contributed by atoms with E-state index in [2.05, 4.69) is 26.5 Å². The number of amides is 2. The van der Waals surface area contributed by atoms with Gasteiger partial charge in [-0.1, -0.05) is 40.2 Å². The smallest absolute Gasteiger partial charge is 0.332 e. The first-order valence-electron chi connectivity index (χ1n) is 6.20. The Kier molecular flexibility index (Phi) is 5.34. The van der Waals surface area contributed by atoms with Gasteiger partial charge in [-0.3, -0.25) is 0 Å². The highest BCUT2D eigenvalue weighted by molar-refractivity contribution is 9.10. The zero-order chi connectivity index (χ0) is 15.1. The van der Waals surface area contributed by atoms with Gasteiger partial charge in [-0.25, -0.2) is 10.2 Å². The number of ether oxygens (including phenoxy) is 1. The summed E-state index contributed by atoms with van der Waals surface area (Å²) in [5.74, 6) is 0.674. The molecule has 0 saturated carbocycles. The summed E-state index contributed by atoms with van der Waals surface area (Å²) >= 11 is 3.42. The first kappa shape index (κ1) is 15.1. The topological polar surface area (TPSA) is 76.7 Å². The molecule has 0 aliphatic carbocycles. The number of nitrogens with one attached hydrogen (secondary N) is 1. The Morgan fingerprint density at radius 3 is 2.86 bits per heavy atom. The van der Waals surface area contributed by atoms with Crippen molar-refractivity contribution in [2.24, 2.45) is 10.8 Å². The molecule has 0 spiro atoms. The maximum Gasteiger partial charge on any atom is 0.332 e. The quantitative estimate of drug-likeness (QED) is 0.644. The van der Waals surface area contributed by atoms with Crippen LogP contribution in [0.2, 0.25) is 0 Å². The van der Waals surface area contributed by atoms with Gasteiger partial charge < -0.3 is 10.5 Å². The fourth-order valence-electron chi connectivity index (χ4n) is 1.67. The van der Waals surface area contributed by atoms with Crippen molar-refractivity contribution < 1.29 is 9.53 Å². The molecule has 0 atom stereocenters. The summed E-state index contributed by atoms with van der Waals surface area (Å²) in [7, 11) is 0. The van der Waals surface area contributed by atoms with E-state index in [1.165, 1.54) is 6.21 Å². The van der Waals surface area contributed by atoms with Gasteiger partial charge in [-0.15, -0.1) is 0 Å². The Labute approximate surface area is 130 Å². The summed E-state index contributed by atoms with van der Waals surface area (Å²) in [6.45, 7) is 0.438. The number of hydrazone groups is 1. The van der Waals surface area contributed by atoms with Gasteiger partial charge in [0.05, 0.1) is 6.21 Å². The molecule has 5 nitrogen and oxygen atoms in total. The third kappa shape index (κ3) is 4.92. The number of primary amides is 1. The van der Waals surface area contributed by atoms with Gasteiger partial charge >= 0.3 is 6.03 Å². The molecule has 2 aromatic carbocycles. The number of nitrogens with two attached hydrogens (primary N) is 1. The Bertz CT molecular complexity index is 659. The molecule has 0 saturated heterocycles.